The molecule has 3 aromatic carbocycles. The third-order valence-corrected chi connectivity index (χ3v) is 7.97. The Hall–Kier alpha value is -4.57. The van der Waals surface area contributed by atoms with Crippen molar-refractivity contribution < 1.29 is 33.4 Å². The number of rotatable bonds is 11. The normalized spacial score (nSPS) is 19.4. The molecule has 2 aliphatic heterocycles. The summed E-state index contributed by atoms with van der Waals surface area (Å²) in [6.07, 6.45) is 2.30. The average Bonchev–Trinajstić information content (AvgIpc) is 3.60. The van der Waals surface area contributed by atoms with Crippen LogP contribution >= 0.6 is 0 Å². The van der Waals surface area contributed by atoms with E-state index in [2.05, 4.69) is 29.1 Å². The summed E-state index contributed by atoms with van der Waals surface area (Å²) >= 11 is 0. The van der Waals surface area contributed by atoms with Gasteiger partial charge in [0.15, 0.2) is 17.3 Å². The molecule has 3 amide bonds. The molecule has 0 aliphatic carbocycles. The van der Waals surface area contributed by atoms with E-state index in [0.717, 1.165) is 59.6 Å². The highest BCUT2D eigenvalue weighted by atomic mass is 16.7. The first-order valence-corrected chi connectivity index (χ1v) is 14.7. The highest BCUT2D eigenvalue weighted by Crippen LogP contribution is 2.34. The summed E-state index contributed by atoms with van der Waals surface area (Å²) in [6, 6.07) is 17.9. The molecule has 5 rings (SSSR count). The molecule has 2 aliphatic rings. The van der Waals surface area contributed by atoms with Gasteiger partial charge in [-0.1, -0.05) is 19.1 Å². The number of likely N-dealkylation sites (N-methyl/N-ethyl adjacent to an activating group) is 1. The van der Waals surface area contributed by atoms with E-state index in [1.807, 2.05) is 19.1 Å². The van der Waals surface area contributed by atoms with Gasteiger partial charge in [-0.15, -0.1) is 0 Å². The smallest absolute Gasteiger partial charge is 0.319 e. The van der Waals surface area contributed by atoms with Crippen molar-refractivity contribution in [1.29, 1.82) is 0 Å². The molecule has 0 radical (unpaired) electrons. The SMILES string of the molecule is CCCC(=O)c1ccc(NC(=O)N[C@@H](Cc2ccc(O)cc2)C(=O)N[C@H]2CC[N+](C)(Cc3ccc4c(c3)OCO4)C2)cc1. The summed E-state index contributed by atoms with van der Waals surface area (Å²) in [5.74, 6) is 1.43. The molecule has 3 atom stereocenters. The summed E-state index contributed by atoms with van der Waals surface area (Å²) < 4.78 is 11.7. The molecule has 0 saturated carbocycles. The number of amides is 3. The molecule has 10 nitrogen and oxygen atoms in total. The number of likely N-dealkylation sites (tertiary alicyclic amines) is 1. The Labute approximate surface area is 251 Å². The van der Waals surface area contributed by atoms with Crippen LogP contribution in [-0.4, -0.2) is 66.3 Å². The number of hydrogen-bond donors (Lipinski definition) is 4. The van der Waals surface area contributed by atoms with Gasteiger partial charge in [-0.25, -0.2) is 4.79 Å². The Morgan fingerprint density at radius 3 is 2.44 bits per heavy atom. The van der Waals surface area contributed by atoms with Crippen molar-refractivity contribution in [3.8, 4) is 17.2 Å². The molecule has 1 fully saturated rings. The predicted molar refractivity (Wildman–Crippen MR) is 162 cm³/mol. The molecular formula is C33H39N4O6+. The van der Waals surface area contributed by atoms with Gasteiger partial charge in [-0.05, 0) is 66.6 Å². The summed E-state index contributed by atoms with van der Waals surface area (Å²) in [4.78, 5) is 38.7. The predicted octanol–water partition coefficient (Wildman–Crippen LogP) is 4.37. The largest absolute Gasteiger partial charge is 0.508 e. The number of benzene rings is 3. The first kappa shape index (κ1) is 29.9. The number of quaternary nitrogens is 1. The lowest BCUT2D eigenvalue weighted by atomic mass is 10.0. The Kier molecular flexibility index (Phi) is 9.16. The second kappa shape index (κ2) is 13.2. The average molecular weight is 588 g/mol. The van der Waals surface area contributed by atoms with Gasteiger partial charge in [0.25, 0.3) is 0 Å². The number of anilines is 1. The zero-order valence-electron chi connectivity index (χ0n) is 24.6. The van der Waals surface area contributed by atoms with Crippen molar-refractivity contribution in [2.45, 2.75) is 51.2 Å². The van der Waals surface area contributed by atoms with Gasteiger partial charge in [-0.3, -0.25) is 9.59 Å². The van der Waals surface area contributed by atoms with Gasteiger partial charge in [0.05, 0.1) is 26.2 Å². The standard InChI is InChI=1S/C33H38N4O6/c1-3-4-29(39)24-8-10-25(11-9-24)35-33(41)36-28(17-22-5-12-27(38)13-6-22)32(40)34-26-15-16-37(2,20-26)19-23-7-14-30-31(18-23)43-21-42-30/h5-14,18,26,28H,3-4,15-17,19-21H2,1-2H3,(H3-,34,35,36,38,39,40,41)/p+1/t26-,28-,37?/m0/s1. The van der Waals surface area contributed by atoms with E-state index in [1.54, 1.807) is 48.5 Å². The lowest BCUT2D eigenvalue weighted by molar-refractivity contribution is -0.911. The highest BCUT2D eigenvalue weighted by Gasteiger charge is 2.37. The van der Waals surface area contributed by atoms with E-state index in [0.29, 0.717) is 17.7 Å². The lowest BCUT2D eigenvalue weighted by Crippen LogP contribution is -2.53. The number of phenolic OH excluding ortho intramolecular Hbond substituents is 1. The number of aromatic hydroxyl groups is 1. The summed E-state index contributed by atoms with van der Waals surface area (Å²) in [5, 5.41) is 18.4. The van der Waals surface area contributed by atoms with Crippen molar-refractivity contribution in [2.24, 2.45) is 0 Å². The van der Waals surface area contributed by atoms with Gasteiger partial charge in [0, 0.05) is 36.1 Å². The fraction of sp³-hybridized carbons (Fsp3) is 0.364. The quantitative estimate of drug-likeness (QED) is 0.195. The van der Waals surface area contributed by atoms with Crippen molar-refractivity contribution in [1.82, 2.24) is 10.6 Å². The highest BCUT2D eigenvalue weighted by molar-refractivity contribution is 5.97. The van der Waals surface area contributed by atoms with E-state index in [9.17, 15) is 19.5 Å². The third-order valence-electron chi connectivity index (χ3n) is 7.97. The maximum Gasteiger partial charge on any atom is 0.319 e. The van der Waals surface area contributed by atoms with Gasteiger partial charge in [-0.2, -0.15) is 0 Å². The minimum atomic E-state index is -0.844. The summed E-state index contributed by atoms with van der Waals surface area (Å²) in [7, 11) is 2.18. The van der Waals surface area contributed by atoms with Gasteiger partial charge in [0.2, 0.25) is 12.7 Å². The number of ether oxygens (including phenoxy) is 2. The zero-order valence-corrected chi connectivity index (χ0v) is 24.6. The topological polar surface area (TPSA) is 126 Å². The number of urea groups is 1. The number of fused-ring (bicyclic) bond motifs is 1. The molecule has 3 aromatic rings. The maximum atomic E-state index is 13.6. The van der Waals surface area contributed by atoms with Crippen LogP contribution in [0.25, 0.3) is 0 Å². The monoisotopic (exact) mass is 587 g/mol. The van der Waals surface area contributed by atoms with Crippen LogP contribution in [0.5, 0.6) is 17.2 Å². The van der Waals surface area contributed by atoms with E-state index in [1.165, 1.54) is 0 Å². The number of carbonyl (C=O) groups excluding carboxylic acids is 3. The molecule has 0 bridgehead atoms. The molecule has 43 heavy (non-hydrogen) atoms. The fourth-order valence-corrected chi connectivity index (χ4v) is 5.74. The van der Waals surface area contributed by atoms with Crippen LogP contribution in [-0.2, 0) is 17.8 Å². The second-order valence-corrected chi connectivity index (χ2v) is 11.6. The molecule has 2 heterocycles. The van der Waals surface area contributed by atoms with Crippen molar-refractivity contribution >= 4 is 23.4 Å². The zero-order chi connectivity index (χ0) is 30.4. The molecular weight excluding hydrogens is 548 g/mol. The maximum absolute atomic E-state index is 13.6. The molecule has 0 spiro atoms. The van der Waals surface area contributed by atoms with Crippen LogP contribution < -0.4 is 25.4 Å². The number of nitrogens with one attached hydrogen (secondary N) is 3. The molecule has 4 N–H and O–H groups in total. The molecule has 1 unspecified atom stereocenters. The fourth-order valence-electron chi connectivity index (χ4n) is 5.74. The molecule has 0 aromatic heterocycles. The van der Waals surface area contributed by atoms with Crippen LogP contribution in [0.2, 0.25) is 0 Å². The van der Waals surface area contributed by atoms with E-state index >= 15 is 0 Å². The minimum absolute atomic E-state index is 0.0492. The lowest BCUT2D eigenvalue weighted by Gasteiger charge is -2.30. The number of nitrogens with zero attached hydrogens (tertiary/aromatic N) is 1. The van der Waals surface area contributed by atoms with E-state index in [4.69, 9.17) is 9.47 Å². The van der Waals surface area contributed by atoms with E-state index < -0.39 is 12.1 Å². The summed E-state index contributed by atoms with van der Waals surface area (Å²) in [5.41, 5.74) is 3.05. The third kappa shape index (κ3) is 7.84. The Balaban J connectivity index is 1.21. The first-order valence-electron chi connectivity index (χ1n) is 14.7. The van der Waals surface area contributed by atoms with Crippen molar-refractivity contribution in [3.05, 3.63) is 83.4 Å². The Morgan fingerprint density at radius 1 is 0.977 bits per heavy atom. The molecule has 1 saturated heterocycles. The molecule has 226 valence electrons. The van der Waals surface area contributed by atoms with Crippen LogP contribution in [0.1, 0.15) is 47.7 Å². The van der Waals surface area contributed by atoms with Gasteiger partial charge in [0.1, 0.15) is 18.3 Å². The van der Waals surface area contributed by atoms with Gasteiger partial charge >= 0.3 is 6.03 Å². The number of Topliss-reactive ketones (excluding diaryl/α,β-unsaturated/α-hetero) is 1. The minimum Gasteiger partial charge on any atom is -0.508 e. The van der Waals surface area contributed by atoms with Crippen molar-refractivity contribution in [3.63, 3.8) is 0 Å². The number of phenols is 1. The van der Waals surface area contributed by atoms with Gasteiger partial charge < -0.3 is 35.0 Å². The Morgan fingerprint density at radius 2 is 1.70 bits per heavy atom. The van der Waals surface area contributed by atoms with Crippen molar-refractivity contribution in [2.75, 3.05) is 32.2 Å². The first-order chi connectivity index (χ1) is 20.7. The van der Waals surface area contributed by atoms with E-state index in [-0.39, 0.29) is 36.7 Å². The number of hydrogen-bond acceptors (Lipinski definition) is 6. The van der Waals surface area contributed by atoms with Crippen LogP contribution in [0.4, 0.5) is 10.5 Å². The van der Waals surface area contributed by atoms with Crippen LogP contribution in [0.15, 0.2) is 66.7 Å². The second-order valence-electron chi connectivity index (χ2n) is 11.6. The number of ketones is 1. The number of carbonyl (C=O) groups is 3. The Bertz CT molecular complexity index is 1460. The summed E-state index contributed by atoms with van der Waals surface area (Å²) in [6.45, 7) is 4.63. The molecule has 10 heteroatoms. The van der Waals surface area contributed by atoms with Crippen LogP contribution in [0.3, 0.4) is 0 Å². The van der Waals surface area contributed by atoms with Crippen LogP contribution in [0, 0.1) is 0 Å².